The molecule has 0 aliphatic rings. The summed E-state index contributed by atoms with van der Waals surface area (Å²) in [5, 5.41) is 0. The molecular weight excluding hydrogens is 1270 g/mol. The quantitative estimate of drug-likeness (QED) is 0.0403. The summed E-state index contributed by atoms with van der Waals surface area (Å²) in [4.78, 5) is 4.73. The van der Waals surface area contributed by atoms with Gasteiger partial charge in [0.05, 0.1) is 5.69 Å². The molecule has 85 radical (unpaired) electrons. The van der Waals surface area contributed by atoms with E-state index in [0.717, 1.165) is 33.9 Å². The number of benzene rings is 3. The fourth-order valence-electron chi connectivity index (χ4n) is 17.7. The third-order valence-corrected chi connectivity index (χ3v) is 22.5. The van der Waals surface area contributed by atoms with Crippen molar-refractivity contribution in [1.29, 1.82) is 0 Å². The highest BCUT2D eigenvalue weighted by Gasteiger charge is 2.66. The van der Waals surface area contributed by atoms with Gasteiger partial charge in [0, 0.05) is 609 Å². The van der Waals surface area contributed by atoms with Gasteiger partial charge in [-0.1, -0.05) is 94.8 Å². The number of halogens is 1. The number of pyridine rings is 1. The number of hydrogen-bond acceptors (Lipinski definition) is 1. The molecule has 0 bridgehead atoms. The monoisotopic (exact) mass is 1300 g/mol. The van der Waals surface area contributed by atoms with Crippen LogP contribution < -0.4 is 0 Å². The summed E-state index contributed by atoms with van der Waals surface area (Å²) < 4.78 is 1.07. The van der Waals surface area contributed by atoms with E-state index in [0.29, 0.717) is 0 Å². The average Bonchev–Trinajstić information content (AvgIpc) is 0.713. The summed E-state index contributed by atoms with van der Waals surface area (Å²) in [5.41, 5.74) is 6.75. The largest absolute Gasteiger partial charge is 0.256 e. The van der Waals surface area contributed by atoms with E-state index in [4.69, 9.17) is 330 Å². The van der Waals surface area contributed by atoms with Crippen molar-refractivity contribution in [2.24, 2.45) is 0 Å². The van der Waals surface area contributed by atoms with Crippen molar-refractivity contribution in [2.45, 2.75) is 0 Å². The fraction of sp³-hybridized carbons (Fsp3) is 0. The second-order valence-electron chi connectivity index (χ2n) is 29.1. The van der Waals surface area contributed by atoms with Crippen LogP contribution in [0.2, 0.25) is 0 Å². The van der Waals surface area contributed by atoms with Crippen LogP contribution in [-0.2, 0) is 0 Å². The van der Waals surface area contributed by atoms with Crippen LogP contribution in [0.25, 0.3) is 33.5 Å². The van der Waals surface area contributed by atoms with Crippen LogP contribution in [0.1, 0.15) is 0 Å². The van der Waals surface area contributed by atoms with Gasteiger partial charge in [0.15, 0.2) is 0 Å². The van der Waals surface area contributed by atoms with Crippen molar-refractivity contribution >= 4 is 603 Å². The van der Waals surface area contributed by atoms with Gasteiger partial charge in [-0.15, -0.1) is 0 Å². The Labute approximate surface area is 736 Å². The fourth-order valence-corrected chi connectivity index (χ4v) is 18.2. The summed E-state index contributed by atoms with van der Waals surface area (Å²) in [7, 11) is 291. The van der Waals surface area contributed by atoms with Crippen LogP contribution in [0, 0.1) is 0 Å². The lowest BCUT2D eigenvalue weighted by Gasteiger charge is -2.62. The summed E-state index contributed by atoms with van der Waals surface area (Å²) >= 11 is 3.68. The molecule has 0 unspecified atom stereocenters. The van der Waals surface area contributed by atoms with Crippen LogP contribution in [0.15, 0.2) is 102 Å². The molecule has 4 rings (SSSR count). The molecule has 0 saturated carbocycles. The molecule has 1 nitrogen and oxygen atoms in total. The average molecular weight is 1280 g/mol. The Hall–Kier alpha value is 2.68. The van der Waals surface area contributed by atoms with Gasteiger partial charge in [-0.3, -0.25) is 4.98 Å². The van der Waals surface area contributed by atoms with Gasteiger partial charge in [0.2, 0.25) is 0 Å². The topological polar surface area (TPSA) is 12.9 Å². The van der Waals surface area contributed by atoms with Crippen LogP contribution in [0.4, 0.5) is 0 Å². The van der Waals surface area contributed by atoms with E-state index >= 15 is 0 Å². The van der Waals surface area contributed by atoms with E-state index in [1.54, 1.807) is 0 Å². The Kier molecular flexibility index (Phi) is 48.1. The highest BCUT2D eigenvalue weighted by Crippen LogP contribution is 2.38. The minimum Gasteiger partial charge on any atom is -0.256 e. The van der Waals surface area contributed by atoms with E-state index in [1.165, 1.54) is 11.1 Å². The molecular formula is C23H16B83BrN. The zero-order valence-corrected chi connectivity index (χ0v) is 63.1. The molecule has 3 aromatic carbocycles. The van der Waals surface area contributed by atoms with E-state index in [2.05, 4.69) is 76.6 Å². The lowest BCUT2D eigenvalue weighted by molar-refractivity contribution is 1.32. The third kappa shape index (κ3) is 27.9. The summed E-state index contributed by atoms with van der Waals surface area (Å²) in [6, 6.07) is 31.2. The Balaban J connectivity index is 0.000000995. The zero-order valence-electron chi connectivity index (χ0n) is 61.5. The Morgan fingerprint density at radius 1 is 0.213 bits per heavy atom. The first-order valence-electron chi connectivity index (χ1n) is 35.5. The molecule has 0 spiro atoms. The maximum Gasteiger partial charge on any atom is 0.0708 e. The predicted octanol–water partition coefficient (Wildman–Crippen LogP) is -24.8. The molecule has 0 aliphatic heterocycles. The predicted molar refractivity (Wildman–Crippen MR) is 586 cm³/mol. The number of nitrogens with zero attached hydrogens (tertiary/aromatic N) is 1. The molecule has 0 atom stereocenters. The van der Waals surface area contributed by atoms with Crippen molar-refractivity contribution in [1.82, 2.24) is 4.98 Å². The van der Waals surface area contributed by atoms with Crippen molar-refractivity contribution in [2.75, 3.05) is 0 Å². The van der Waals surface area contributed by atoms with Gasteiger partial charge in [0.25, 0.3) is 0 Å². The molecule has 0 amide bonds. The molecule has 0 aliphatic carbocycles. The second-order valence-corrected chi connectivity index (χ2v) is 30.0. The summed E-state index contributed by atoms with van der Waals surface area (Å²) in [5.74, 6) is 0. The summed E-state index contributed by atoms with van der Waals surface area (Å²) in [6.07, 6.45) is -65.9. The van der Waals surface area contributed by atoms with Crippen molar-refractivity contribution in [3.63, 3.8) is 0 Å². The lowest BCUT2D eigenvalue weighted by atomic mass is 8.20. The first-order chi connectivity index (χ1) is 50.1. The molecule has 0 N–H and O–H groups in total. The van der Waals surface area contributed by atoms with E-state index in [-0.39, 0.29) is 0 Å². The maximum absolute atomic E-state index is 7.32. The van der Waals surface area contributed by atoms with Crippen molar-refractivity contribution < 1.29 is 0 Å². The highest BCUT2D eigenvalue weighted by molar-refractivity contribution is 9.10. The first-order valence-corrected chi connectivity index (χ1v) is 36.3. The Morgan fingerprint density at radius 2 is 0.407 bits per heavy atom. The number of aromatic nitrogens is 1. The minimum absolute atomic E-state index is 0.982. The normalized spacial score (nSPS) is 9.97. The van der Waals surface area contributed by atoms with Crippen molar-refractivity contribution in [3.8, 4) is 33.5 Å². The van der Waals surface area contributed by atoms with Crippen LogP contribution in [0.3, 0.4) is 0 Å². The van der Waals surface area contributed by atoms with Crippen LogP contribution in [-0.4, -0.2) is 592 Å². The van der Waals surface area contributed by atoms with E-state index < -0.39 is 255 Å². The smallest absolute Gasteiger partial charge is 0.0708 e. The standard InChI is InChI=1S/C23H16BrN.B83/c24-22-14-8-7-13-19(22)21-16-25-23(18-11-5-2-6-12-18)15-20(21)17-9-3-1-4-10-17;1-43-64(42)75(65(44(2)3)45(4)5)80(74(62(38)39)63(40)41)83(81(76(66(46(6)7)47(8)9)67(48(10)11)49(12)13)77(68(50(14)15)51(16)17)69(52(18)19)53(20)21)82(78(70(54(22)23)55(24)25)71(56(26)27)57(28)29)79(72(58(30)31)59(32)33)73(60(34)35)61(36)37/h1-16H;. The molecule has 4 aromatic rings. The van der Waals surface area contributed by atoms with Gasteiger partial charge < -0.3 is 0 Å². The van der Waals surface area contributed by atoms with Gasteiger partial charge in [0.1, 0.15) is 0 Å². The Bertz CT molecular complexity index is 2770. The van der Waals surface area contributed by atoms with E-state index in [9.17, 15) is 0 Å². The van der Waals surface area contributed by atoms with Crippen molar-refractivity contribution in [3.05, 3.63) is 102 Å². The molecule has 1 heterocycles. The van der Waals surface area contributed by atoms with Gasteiger partial charge in [-0.05, 0) is 28.8 Å². The van der Waals surface area contributed by atoms with Crippen LogP contribution >= 0.6 is 15.9 Å². The second kappa shape index (κ2) is 49.6. The Morgan fingerprint density at radius 3 is 0.630 bits per heavy atom. The molecule has 1 aromatic heterocycles. The maximum atomic E-state index is 7.32. The van der Waals surface area contributed by atoms with E-state index in [1.807, 2.05) is 36.5 Å². The zero-order chi connectivity index (χ0) is 82.9. The molecule has 369 valence electrons. The van der Waals surface area contributed by atoms with Crippen LogP contribution in [0.5, 0.6) is 0 Å². The minimum atomic E-state index is -1.97. The molecule has 85 heteroatoms. The van der Waals surface area contributed by atoms with Gasteiger partial charge >= 0.3 is 0 Å². The van der Waals surface area contributed by atoms with Gasteiger partial charge in [-0.2, -0.15) is 0 Å². The number of hydrogen-bond donors (Lipinski definition) is 0. The SMILES string of the molecule is Brc1ccccc1-c1cnc(-c2ccccc2)cc1-c1ccccc1.[B][B]B([B])B(B(B([B])[B])B([B])[B])B(B(B([B])[B])B([B])[B])B(B(B(B(B([B])[B])B([B])[B])B(B([B])[B])B([B])[B])B(B(B([B])[B])B([B])[B])B(B([B])[B])B([B])[B])B(B(B(B([B])[B])B([B])[B])B(B([B])[B])B([B])[B])B(B(B([B])[B])B([B])[B])B(B([B])[B])B([B])[B]. The molecule has 108 heavy (non-hydrogen) atoms. The summed E-state index contributed by atoms with van der Waals surface area (Å²) in [6.45, 7) is 0. The first kappa shape index (κ1) is 105. The third-order valence-electron chi connectivity index (χ3n) is 21.8. The molecule has 0 saturated heterocycles. The number of rotatable bonds is 43. The molecule has 0 fully saturated rings. The van der Waals surface area contributed by atoms with Gasteiger partial charge in [-0.25, -0.2) is 0 Å². The highest BCUT2D eigenvalue weighted by atomic mass is 79.9. The lowest BCUT2D eigenvalue weighted by Crippen LogP contribution is -3.00.